The fourth-order valence-corrected chi connectivity index (χ4v) is 1.70. The van der Waals surface area contributed by atoms with Crippen LogP contribution in [0.1, 0.15) is 0 Å². The molecule has 2 saturated heterocycles. The zero-order valence-electron chi connectivity index (χ0n) is 7.27. The molecule has 1 unspecified atom stereocenters. The van der Waals surface area contributed by atoms with Gasteiger partial charge in [0.25, 0.3) is 0 Å². The van der Waals surface area contributed by atoms with Crippen molar-refractivity contribution in [2.45, 2.75) is 5.54 Å². The number of ether oxygens (including phenoxy) is 2. The van der Waals surface area contributed by atoms with Crippen LogP contribution in [0, 0.1) is 0 Å². The van der Waals surface area contributed by atoms with Gasteiger partial charge in [0.05, 0.1) is 32.0 Å². The summed E-state index contributed by atoms with van der Waals surface area (Å²) in [6, 6.07) is 0. The van der Waals surface area contributed by atoms with Crippen molar-refractivity contribution < 1.29 is 9.47 Å². The SMILES string of the molecule is C1COCC2(CN1)COCCN2. The molecule has 2 rings (SSSR count). The standard InChI is InChI=1S/C8H16N2O2/c1-3-11-6-8(5-9-1)7-12-4-2-10-8/h9-10H,1-7H2. The van der Waals surface area contributed by atoms with Crippen LogP contribution in [0.4, 0.5) is 0 Å². The summed E-state index contributed by atoms with van der Waals surface area (Å²) < 4.78 is 10.9. The highest BCUT2D eigenvalue weighted by atomic mass is 16.5. The normalized spacial score (nSPS) is 38.0. The average Bonchev–Trinajstić information content (AvgIpc) is 2.33. The van der Waals surface area contributed by atoms with Gasteiger partial charge in [-0.05, 0) is 0 Å². The van der Waals surface area contributed by atoms with E-state index in [9.17, 15) is 0 Å². The highest BCUT2D eigenvalue weighted by molar-refractivity contribution is 4.93. The lowest BCUT2D eigenvalue weighted by Crippen LogP contribution is -2.61. The topological polar surface area (TPSA) is 42.5 Å². The molecular weight excluding hydrogens is 156 g/mol. The third-order valence-electron chi connectivity index (χ3n) is 2.39. The molecule has 0 aromatic rings. The number of rotatable bonds is 0. The molecule has 70 valence electrons. The van der Waals surface area contributed by atoms with E-state index in [4.69, 9.17) is 9.47 Å². The lowest BCUT2D eigenvalue weighted by Gasteiger charge is -2.36. The molecule has 4 heteroatoms. The molecule has 0 amide bonds. The van der Waals surface area contributed by atoms with Crippen LogP contribution in [-0.2, 0) is 9.47 Å². The molecule has 0 saturated carbocycles. The van der Waals surface area contributed by atoms with E-state index in [1.807, 2.05) is 0 Å². The number of morpholine rings is 1. The first-order valence-electron chi connectivity index (χ1n) is 4.53. The summed E-state index contributed by atoms with van der Waals surface area (Å²) in [4.78, 5) is 0. The number of hydrogen-bond acceptors (Lipinski definition) is 4. The van der Waals surface area contributed by atoms with E-state index in [2.05, 4.69) is 10.6 Å². The molecule has 2 heterocycles. The highest BCUT2D eigenvalue weighted by Gasteiger charge is 2.33. The first-order chi connectivity index (χ1) is 5.91. The van der Waals surface area contributed by atoms with E-state index in [-0.39, 0.29) is 5.54 Å². The van der Waals surface area contributed by atoms with E-state index in [1.54, 1.807) is 0 Å². The summed E-state index contributed by atoms with van der Waals surface area (Å²) in [7, 11) is 0. The molecule has 1 atom stereocenters. The second-order valence-corrected chi connectivity index (χ2v) is 3.49. The second-order valence-electron chi connectivity index (χ2n) is 3.49. The van der Waals surface area contributed by atoms with Gasteiger partial charge in [0.2, 0.25) is 0 Å². The summed E-state index contributed by atoms with van der Waals surface area (Å²) >= 11 is 0. The van der Waals surface area contributed by atoms with Crippen LogP contribution in [-0.4, -0.2) is 51.6 Å². The Hall–Kier alpha value is -0.160. The van der Waals surface area contributed by atoms with Gasteiger partial charge < -0.3 is 20.1 Å². The third-order valence-corrected chi connectivity index (χ3v) is 2.39. The Balaban J connectivity index is 1.95. The van der Waals surface area contributed by atoms with Gasteiger partial charge in [0.1, 0.15) is 0 Å². The molecule has 0 aromatic carbocycles. The monoisotopic (exact) mass is 172 g/mol. The van der Waals surface area contributed by atoms with Crippen LogP contribution < -0.4 is 10.6 Å². The molecule has 12 heavy (non-hydrogen) atoms. The lowest BCUT2D eigenvalue weighted by atomic mass is 10.0. The van der Waals surface area contributed by atoms with Gasteiger partial charge in [-0.2, -0.15) is 0 Å². The molecule has 1 spiro atoms. The van der Waals surface area contributed by atoms with E-state index >= 15 is 0 Å². The number of nitrogens with one attached hydrogen (secondary N) is 2. The zero-order chi connectivity index (χ0) is 8.28. The van der Waals surface area contributed by atoms with Crippen LogP contribution in [0.25, 0.3) is 0 Å². The number of hydrogen-bond donors (Lipinski definition) is 2. The summed E-state index contributed by atoms with van der Waals surface area (Å²) in [6.07, 6.45) is 0. The fraction of sp³-hybridized carbons (Fsp3) is 1.00. The third kappa shape index (κ3) is 1.77. The van der Waals surface area contributed by atoms with E-state index in [0.717, 1.165) is 46.1 Å². The Bertz CT molecular complexity index is 136. The van der Waals surface area contributed by atoms with Gasteiger partial charge >= 0.3 is 0 Å². The Kier molecular flexibility index (Phi) is 2.60. The van der Waals surface area contributed by atoms with Gasteiger partial charge in [-0.15, -0.1) is 0 Å². The largest absolute Gasteiger partial charge is 0.378 e. The maximum atomic E-state index is 5.48. The lowest BCUT2D eigenvalue weighted by molar-refractivity contribution is -0.0104. The van der Waals surface area contributed by atoms with Crippen molar-refractivity contribution in [3.63, 3.8) is 0 Å². The van der Waals surface area contributed by atoms with E-state index < -0.39 is 0 Å². The quantitative estimate of drug-likeness (QED) is 0.490. The van der Waals surface area contributed by atoms with Crippen LogP contribution in [0.2, 0.25) is 0 Å². The first kappa shape index (κ1) is 8.44. The zero-order valence-corrected chi connectivity index (χ0v) is 7.27. The maximum absolute atomic E-state index is 5.48. The minimum Gasteiger partial charge on any atom is -0.378 e. The molecule has 0 aromatic heterocycles. The predicted molar refractivity (Wildman–Crippen MR) is 45.2 cm³/mol. The Morgan fingerprint density at radius 2 is 1.75 bits per heavy atom. The van der Waals surface area contributed by atoms with Crippen molar-refractivity contribution in [1.29, 1.82) is 0 Å². The van der Waals surface area contributed by atoms with Crippen LogP contribution >= 0.6 is 0 Å². The van der Waals surface area contributed by atoms with Crippen molar-refractivity contribution in [2.24, 2.45) is 0 Å². The summed E-state index contributed by atoms with van der Waals surface area (Å²) in [5.41, 5.74) is 0.0365. The molecule has 2 N–H and O–H groups in total. The Morgan fingerprint density at radius 1 is 1.00 bits per heavy atom. The van der Waals surface area contributed by atoms with Gasteiger partial charge in [-0.3, -0.25) is 0 Å². The molecule has 2 aliphatic heterocycles. The minimum atomic E-state index is 0.0365. The Labute approximate surface area is 72.6 Å². The van der Waals surface area contributed by atoms with Crippen LogP contribution in [0.3, 0.4) is 0 Å². The molecule has 0 aliphatic carbocycles. The fourth-order valence-electron chi connectivity index (χ4n) is 1.70. The second kappa shape index (κ2) is 3.70. The minimum absolute atomic E-state index is 0.0365. The van der Waals surface area contributed by atoms with E-state index in [0.29, 0.717) is 0 Å². The van der Waals surface area contributed by atoms with Crippen LogP contribution in [0.5, 0.6) is 0 Å². The average molecular weight is 172 g/mol. The van der Waals surface area contributed by atoms with Gasteiger partial charge in [-0.25, -0.2) is 0 Å². The van der Waals surface area contributed by atoms with Crippen molar-refractivity contribution in [1.82, 2.24) is 10.6 Å². The molecule has 2 aliphatic rings. The molecule has 0 bridgehead atoms. The summed E-state index contributed by atoms with van der Waals surface area (Å²) in [5.74, 6) is 0. The van der Waals surface area contributed by atoms with E-state index in [1.165, 1.54) is 0 Å². The van der Waals surface area contributed by atoms with Gasteiger partial charge in [0, 0.05) is 19.6 Å². The molecular formula is C8H16N2O2. The van der Waals surface area contributed by atoms with Gasteiger partial charge in [-0.1, -0.05) is 0 Å². The smallest absolute Gasteiger partial charge is 0.0780 e. The first-order valence-corrected chi connectivity index (χ1v) is 4.53. The van der Waals surface area contributed by atoms with Crippen molar-refractivity contribution >= 4 is 0 Å². The summed E-state index contributed by atoms with van der Waals surface area (Å²) in [6.45, 7) is 5.99. The van der Waals surface area contributed by atoms with Gasteiger partial charge in [0.15, 0.2) is 0 Å². The highest BCUT2D eigenvalue weighted by Crippen LogP contribution is 2.10. The molecule has 2 fully saturated rings. The van der Waals surface area contributed by atoms with Crippen LogP contribution in [0.15, 0.2) is 0 Å². The maximum Gasteiger partial charge on any atom is 0.0780 e. The summed E-state index contributed by atoms with van der Waals surface area (Å²) in [5, 5.41) is 6.80. The van der Waals surface area contributed by atoms with Crippen molar-refractivity contribution in [3.05, 3.63) is 0 Å². The van der Waals surface area contributed by atoms with Crippen molar-refractivity contribution in [3.8, 4) is 0 Å². The molecule has 4 nitrogen and oxygen atoms in total. The molecule has 0 radical (unpaired) electrons. The van der Waals surface area contributed by atoms with Crippen molar-refractivity contribution in [2.75, 3.05) is 46.1 Å². The Morgan fingerprint density at radius 3 is 2.58 bits per heavy atom. The predicted octanol–water partition coefficient (Wildman–Crippen LogP) is -1.04.